The van der Waals surface area contributed by atoms with Crippen LogP contribution in [0.5, 0.6) is 0 Å². The number of amides is 1. The van der Waals surface area contributed by atoms with Crippen LogP contribution in [0.2, 0.25) is 0 Å². The summed E-state index contributed by atoms with van der Waals surface area (Å²) in [4.78, 5) is 24.9. The third-order valence-corrected chi connectivity index (χ3v) is 5.19. The Bertz CT molecular complexity index is 773. The SMILES string of the molecule is CCOCCOP(=O)(O)OC[C@H]1O[C@@H](n2cnc(C(N)=O)n2)C2OC(C)(C)O[C@H]21. The minimum Gasteiger partial charge on any atom is -0.379 e. The van der Waals surface area contributed by atoms with Crippen molar-refractivity contribution < 1.29 is 42.2 Å². The number of aromatic nitrogens is 3. The van der Waals surface area contributed by atoms with Crippen molar-refractivity contribution in [2.24, 2.45) is 5.73 Å². The fourth-order valence-electron chi connectivity index (χ4n) is 3.08. The van der Waals surface area contributed by atoms with E-state index in [1.807, 2.05) is 0 Å². The Kier molecular flexibility index (Phi) is 6.70. The molecule has 2 saturated heterocycles. The van der Waals surface area contributed by atoms with Gasteiger partial charge in [-0.3, -0.25) is 13.8 Å². The molecule has 5 atom stereocenters. The lowest BCUT2D eigenvalue weighted by Gasteiger charge is -2.24. The van der Waals surface area contributed by atoms with E-state index in [2.05, 4.69) is 10.1 Å². The van der Waals surface area contributed by atoms with Gasteiger partial charge in [0.2, 0.25) is 5.82 Å². The summed E-state index contributed by atoms with van der Waals surface area (Å²) in [6.45, 7) is 5.49. The number of rotatable bonds is 10. The summed E-state index contributed by atoms with van der Waals surface area (Å²) in [6.07, 6.45) is -1.50. The zero-order valence-corrected chi connectivity index (χ0v) is 17.2. The van der Waals surface area contributed by atoms with Gasteiger partial charge >= 0.3 is 7.82 Å². The molecule has 3 heterocycles. The lowest BCUT2D eigenvalue weighted by atomic mass is 10.1. The van der Waals surface area contributed by atoms with Gasteiger partial charge in [-0.2, -0.15) is 0 Å². The Morgan fingerprint density at radius 3 is 2.72 bits per heavy atom. The number of fused-ring (bicyclic) bond motifs is 1. The van der Waals surface area contributed by atoms with Crippen LogP contribution in [-0.2, 0) is 32.6 Å². The maximum absolute atomic E-state index is 12.0. The average Bonchev–Trinajstić information content (AvgIpc) is 3.30. The first-order valence-electron chi connectivity index (χ1n) is 9.03. The fourth-order valence-corrected chi connectivity index (χ4v) is 3.79. The van der Waals surface area contributed by atoms with E-state index in [1.165, 1.54) is 11.0 Å². The molecule has 2 unspecified atom stereocenters. The molecule has 13 nitrogen and oxygen atoms in total. The quantitative estimate of drug-likeness (QED) is 0.373. The summed E-state index contributed by atoms with van der Waals surface area (Å²) in [5.41, 5.74) is 5.18. The van der Waals surface area contributed by atoms with Gasteiger partial charge < -0.3 is 29.6 Å². The van der Waals surface area contributed by atoms with Crippen LogP contribution in [-0.4, -0.2) is 76.1 Å². The third kappa shape index (κ3) is 5.38. The van der Waals surface area contributed by atoms with E-state index in [0.717, 1.165) is 0 Å². The zero-order valence-electron chi connectivity index (χ0n) is 16.3. The number of nitrogens with zero attached hydrogens (tertiary/aromatic N) is 3. The normalized spacial score (nSPS) is 30.2. The van der Waals surface area contributed by atoms with Crippen molar-refractivity contribution in [3.63, 3.8) is 0 Å². The second-order valence-corrected chi connectivity index (χ2v) is 8.29. The van der Waals surface area contributed by atoms with Crippen LogP contribution in [0.25, 0.3) is 0 Å². The summed E-state index contributed by atoms with van der Waals surface area (Å²) in [5.74, 6) is -1.88. The van der Waals surface area contributed by atoms with Crippen LogP contribution in [0.15, 0.2) is 6.33 Å². The van der Waals surface area contributed by atoms with Gasteiger partial charge in [0.1, 0.15) is 24.6 Å². The molecule has 0 bridgehead atoms. The number of carbonyl (C=O) groups is 1. The van der Waals surface area contributed by atoms with Crippen molar-refractivity contribution in [3.05, 3.63) is 12.2 Å². The topological polar surface area (TPSA) is 166 Å². The number of primary amides is 1. The van der Waals surface area contributed by atoms with E-state index >= 15 is 0 Å². The molecular weight excluding hydrogens is 411 g/mol. The Balaban J connectivity index is 1.66. The molecular formula is C15H25N4O9P. The highest BCUT2D eigenvalue weighted by Gasteiger charge is 2.56. The van der Waals surface area contributed by atoms with Gasteiger partial charge in [-0.1, -0.05) is 0 Å². The number of nitrogens with two attached hydrogens (primary N) is 1. The van der Waals surface area contributed by atoms with Crippen LogP contribution in [0, 0.1) is 0 Å². The van der Waals surface area contributed by atoms with Crippen molar-refractivity contribution in [2.75, 3.05) is 26.4 Å². The number of ether oxygens (including phenoxy) is 4. The summed E-state index contributed by atoms with van der Waals surface area (Å²) >= 11 is 0. The predicted octanol–water partition coefficient (Wildman–Crippen LogP) is -0.0354. The first kappa shape index (κ1) is 22.2. The molecule has 3 rings (SSSR count). The Hall–Kier alpha value is -1.44. The van der Waals surface area contributed by atoms with Gasteiger partial charge in [-0.15, -0.1) is 5.10 Å². The first-order chi connectivity index (χ1) is 13.6. The number of hydrogen-bond acceptors (Lipinski definition) is 10. The van der Waals surface area contributed by atoms with E-state index in [-0.39, 0.29) is 25.6 Å². The molecule has 0 radical (unpaired) electrons. The van der Waals surface area contributed by atoms with Crippen LogP contribution < -0.4 is 5.73 Å². The molecule has 2 aliphatic rings. The van der Waals surface area contributed by atoms with Gasteiger partial charge in [-0.05, 0) is 20.8 Å². The van der Waals surface area contributed by atoms with Gasteiger partial charge in [-0.25, -0.2) is 14.2 Å². The predicted molar refractivity (Wildman–Crippen MR) is 94.5 cm³/mol. The number of phosphoric acid groups is 1. The molecule has 0 saturated carbocycles. The summed E-state index contributed by atoms with van der Waals surface area (Å²) in [6, 6.07) is 0. The summed E-state index contributed by atoms with van der Waals surface area (Å²) in [7, 11) is -4.31. The Morgan fingerprint density at radius 1 is 1.34 bits per heavy atom. The van der Waals surface area contributed by atoms with Crippen molar-refractivity contribution in [1.82, 2.24) is 14.8 Å². The molecule has 1 aromatic heterocycles. The molecule has 0 aromatic carbocycles. The lowest BCUT2D eigenvalue weighted by molar-refractivity contribution is -0.201. The number of phosphoric ester groups is 1. The van der Waals surface area contributed by atoms with Gasteiger partial charge in [0.15, 0.2) is 12.0 Å². The van der Waals surface area contributed by atoms with Crippen LogP contribution in [0.4, 0.5) is 0 Å². The lowest BCUT2D eigenvalue weighted by Crippen LogP contribution is -2.32. The maximum Gasteiger partial charge on any atom is 0.472 e. The molecule has 2 fully saturated rings. The van der Waals surface area contributed by atoms with E-state index in [9.17, 15) is 14.3 Å². The van der Waals surface area contributed by atoms with Crippen LogP contribution >= 0.6 is 7.82 Å². The van der Waals surface area contributed by atoms with Crippen LogP contribution in [0.3, 0.4) is 0 Å². The smallest absolute Gasteiger partial charge is 0.379 e. The molecule has 29 heavy (non-hydrogen) atoms. The minimum atomic E-state index is -4.31. The zero-order chi connectivity index (χ0) is 21.2. The van der Waals surface area contributed by atoms with Crippen molar-refractivity contribution in [1.29, 1.82) is 0 Å². The van der Waals surface area contributed by atoms with E-state index in [4.69, 9.17) is 33.7 Å². The second kappa shape index (κ2) is 8.74. The minimum absolute atomic E-state index is 0.0939. The highest BCUT2D eigenvalue weighted by molar-refractivity contribution is 7.47. The largest absolute Gasteiger partial charge is 0.472 e. The highest BCUT2D eigenvalue weighted by atomic mass is 31.2. The van der Waals surface area contributed by atoms with E-state index in [0.29, 0.717) is 6.61 Å². The number of carbonyl (C=O) groups excluding carboxylic acids is 1. The van der Waals surface area contributed by atoms with Crippen molar-refractivity contribution in [3.8, 4) is 0 Å². The third-order valence-electron chi connectivity index (χ3n) is 4.20. The highest BCUT2D eigenvalue weighted by Crippen LogP contribution is 2.47. The summed E-state index contributed by atoms with van der Waals surface area (Å²) < 4.78 is 45.9. The monoisotopic (exact) mass is 436 g/mol. The van der Waals surface area contributed by atoms with Gasteiger partial charge in [0.25, 0.3) is 5.91 Å². The number of hydrogen-bond donors (Lipinski definition) is 2. The first-order valence-corrected chi connectivity index (χ1v) is 10.5. The Morgan fingerprint density at radius 2 is 2.07 bits per heavy atom. The van der Waals surface area contributed by atoms with Crippen molar-refractivity contribution in [2.45, 2.75) is 51.1 Å². The second-order valence-electron chi connectivity index (χ2n) is 6.84. The molecule has 3 N–H and O–H groups in total. The molecule has 1 amide bonds. The van der Waals surface area contributed by atoms with Crippen molar-refractivity contribution >= 4 is 13.7 Å². The molecule has 0 aliphatic carbocycles. The van der Waals surface area contributed by atoms with Crippen LogP contribution in [0.1, 0.15) is 37.6 Å². The molecule has 164 valence electrons. The Labute approximate surface area is 167 Å². The van der Waals surface area contributed by atoms with Gasteiger partial charge in [0, 0.05) is 6.61 Å². The molecule has 14 heteroatoms. The fraction of sp³-hybridized carbons (Fsp3) is 0.800. The molecule has 0 spiro atoms. The van der Waals surface area contributed by atoms with E-state index < -0.39 is 44.1 Å². The van der Waals surface area contributed by atoms with E-state index in [1.54, 1.807) is 20.8 Å². The maximum atomic E-state index is 12.0. The standard InChI is InChI=1S/C15H25N4O9P/c1-4-23-5-6-24-29(21,22)25-7-9-10-11(28-15(2,3)27-10)14(26-9)19-8-17-13(18-19)12(16)20/h8-11,14H,4-7H2,1-3H3,(H2,16,20)(H,21,22)/t9-,10+,11?,14-/m1/s1. The molecule has 1 aromatic rings. The van der Waals surface area contributed by atoms with Gasteiger partial charge in [0.05, 0.1) is 19.8 Å². The summed E-state index contributed by atoms with van der Waals surface area (Å²) in [5, 5.41) is 3.99. The molecule has 2 aliphatic heterocycles. The average molecular weight is 436 g/mol.